The highest BCUT2D eigenvalue weighted by molar-refractivity contribution is 7.80. The van der Waals surface area contributed by atoms with Gasteiger partial charge in [0.15, 0.2) is 5.11 Å². The monoisotopic (exact) mass is 345 g/mol. The van der Waals surface area contributed by atoms with Crippen molar-refractivity contribution >= 4 is 34.8 Å². The minimum atomic E-state index is -0.766. The van der Waals surface area contributed by atoms with Crippen LogP contribution in [0.25, 0.3) is 0 Å². The molecule has 0 atom stereocenters. The predicted octanol–water partition coefficient (Wildman–Crippen LogP) is 0.939. The van der Waals surface area contributed by atoms with Gasteiger partial charge in [0.25, 0.3) is 17.5 Å². The zero-order valence-corrected chi connectivity index (χ0v) is 12.9. The molecule has 24 heavy (non-hydrogen) atoms. The fourth-order valence-electron chi connectivity index (χ4n) is 1.72. The zero-order valence-electron chi connectivity index (χ0n) is 12.1. The predicted molar refractivity (Wildman–Crippen MR) is 88.0 cm³/mol. The van der Waals surface area contributed by atoms with Crippen molar-refractivity contribution in [2.24, 2.45) is 0 Å². The number of nitrogens with one attached hydrogen (secondary N) is 3. The maximum atomic E-state index is 12.0. The lowest BCUT2D eigenvalue weighted by atomic mass is 10.1. The molecule has 9 nitrogen and oxygen atoms in total. The number of aromatic nitrogens is 1. The van der Waals surface area contributed by atoms with Gasteiger partial charge in [0.1, 0.15) is 5.56 Å². The second-order valence-corrected chi connectivity index (χ2v) is 4.78. The molecule has 0 saturated carbocycles. The summed E-state index contributed by atoms with van der Waals surface area (Å²) in [5.41, 5.74) is 4.47. The smallest absolute Gasteiger partial charge is 0.282 e. The van der Waals surface area contributed by atoms with E-state index in [0.29, 0.717) is 5.56 Å². The van der Waals surface area contributed by atoms with Crippen LogP contribution in [0.3, 0.4) is 0 Å². The van der Waals surface area contributed by atoms with Crippen LogP contribution < -0.4 is 16.2 Å². The molecule has 0 aliphatic rings. The first kappa shape index (κ1) is 17.0. The number of amides is 2. The van der Waals surface area contributed by atoms with E-state index in [-0.39, 0.29) is 16.4 Å². The van der Waals surface area contributed by atoms with E-state index < -0.39 is 16.7 Å². The van der Waals surface area contributed by atoms with Gasteiger partial charge >= 0.3 is 0 Å². The summed E-state index contributed by atoms with van der Waals surface area (Å²) in [4.78, 5) is 37.8. The summed E-state index contributed by atoms with van der Waals surface area (Å²) in [6.45, 7) is 0. The molecule has 0 spiro atoms. The third-order valence-electron chi connectivity index (χ3n) is 2.80. The van der Waals surface area contributed by atoms with Crippen LogP contribution in [0.2, 0.25) is 0 Å². The quantitative estimate of drug-likeness (QED) is 0.429. The fourth-order valence-corrected chi connectivity index (χ4v) is 1.86. The molecule has 1 heterocycles. The number of carbonyl (C=O) groups excluding carboxylic acids is 2. The highest BCUT2D eigenvalue weighted by Gasteiger charge is 2.19. The van der Waals surface area contributed by atoms with Crippen molar-refractivity contribution in [3.05, 3.63) is 70.0 Å². The lowest BCUT2D eigenvalue weighted by Gasteiger charge is -2.10. The lowest BCUT2D eigenvalue weighted by Crippen LogP contribution is -2.48. The number of pyridine rings is 1. The second-order valence-electron chi connectivity index (χ2n) is 4.37. The maximum absolute atomic E-state index is 12.0. The van der Waals surface area contributed by atoms with Gasteiger partial charge in [-0.3, -0.25) is 40.9 Å². The number of para-hydroxylation sites is 1. The van der Waals surface area contributed by atoms with E-state index in [4.69, 9.17) is 12.2 Å². The maximum Gasteiger partial charge on any atom is 0.282 e. The summed E-state index contributed by atoms with van der Waals surface area (Å²) >= 11 is 4.87. The summed E-state index contributed by atoms with van der Waals surface area (Å²) in [6.07, 6.45) is 2.90. The number of hydrogen-bond donors (Lipinski definition) is 3. The van der Waals surface area contributed by atoms with Crippen LogP contribution >= 0.6 is 12.2 Å². The molecule has 1 aromatic heterocycles. The Bertz CT molecular complexity index is 797. The van der Waals surface area contributed by atoms with Crippen LogP contribution in [0, 0.1) is 10.1 Å². The van der Waals surface area contributed by atoms with E-state index in [2.05, 4.69) is 21.2 Å². The molecule has 2 rings (SSSR count). The number of nitrogens with zero attached hydrogens (tertiary/aromatic N) is 2. The summed E-state index contributed by atoms with van der Waals surface area (Å²) in [7, 11) is 0. The van der Waals surface area contributed by atoms with Crippen molar-refractivity contribution in [3.8, 4) is 0 Å². The summed E-state index contributed by atoms with van der Waals surface area (Å²) in [6, 6.07) is 8.42. The number of hydrazine groups is 1. The van der Waals surface area contributed by atoms with Gasteiger partial charge in [-0.15, -0.1) is 0 Å². The van der Waals surface area contributed by atoms with Crippen molar-refractivity contribution in [1.29, 1.82) is 0 Å². The fraction of sp³-hybridized carbons (Fsp3) is 0. The first-order valence-electron chi connectivity index (χ1n) is 6.54. The van der Waals surface area contributed by atoms with Gasteiger partial charge in [0, 0.05) is 24.0 Å². The Labute approximate surface area is 141 Å². The van der Waals surface area contributed by atoms with Crippen LogP contribution in [0.1, 0.15) is 20.7 Å². The van der Waals surface area contributed by atoms with E-state index in [9.17, 15) is 19.7 Å². The molecule has 3 N–H and O–H groups in total. The van der Waals surface area contributed by atoms with Crippen molar-refractivity contribution < 1.29 is 14.5 Å². The Hall–Kier alpha value is -3.40. The number of nitro groups is 1. The van der Waals surface area contributed by atoms with E-state index in [1.54, 1.807) is 0 Å². The SMILES string of the molecule is O=C(NNC(=S)NC(=O)c1ccccc1[N+](=O)[O-])c1ccncc1. The second kappa shape index (κ2) is 7.74. The molecule has 2 aromatic rings. The highest BCUT2D eigenvalue weighted by Crippen LogP contribution is 2.17. The van der Waals surface area contributed by atoms with Crippen LogP contribution in [0.15, 0.2) is 48.8 Å². The van der Waals surface area contributed by atoms with Gasteiger partial charge in [0.05, 0.1) is 4.92 Å². The zero-order chi connectivity index (χ0) is 17.5. The Morgan fingerprint density at radius 1 is 1.04 bits per heavy atom. The molecule has 0 aliphatic carbocycles. The van der Waals surface area contributed by atoms with Crippen molar-refractivity contribution in [1.82, 2.24) is 21.2 Å². The molecule has 1 aromatic carbocycles. The van der Waals surface area contributed by atoms with Crippen LogP contribution in [0.5, 0.6) is 0 Å². The Balaban J connectivity index is 1.94. The summed E-state index contributed by atoms with van der Waals surface area (Å²) < 4.78 is 0. The largest absolute Gasteiger partial charge is 0.297 e. The summed E-state index contributed by atoms with van der Waals surface area (Å²) in [5, 5.41) is 12.9. The standard InChI is InChI=1S/C14H11N5O4S/c20-12(9-5-7-15-8-6-9)17-18-14(24)16-13(21)10-3-1-2-4-11(10)19(22)23/h1-8H,(H,17,20)(H2,16,18,21,24). The molecular formula is C14H11N5O4S. The normalized spacial score (nSPS) is 9.67. The van der Waals surface area contributed by atoms with Crippen molar-refractivity contribution in [2.75, 3.05) is 0 Å². The number of benzene rings is 1. The minimum absolute atomic E-state index is 0.146. The van der Waals surface area contributed by atoms with E-state index >= 15 is 0 Å². The first-order chi connectivity index (χ1) is 11.5. The van der Waals surface area contributed by atoms with E-state index in [0.717, 1.165) is 0 Å². The molecule has 10 heteroatoms. The van der Waals surface area contributed by atoms with Gasteiger partial charge in [0.2, 0.25) is 0 Å². The third-order valence-corrected chi connectivity index (χ3v) is 3.01. The van der Waals surface area contributed by atoms with Crippen LogP contribution in [-0.4, -0.2) is 26.8 Å². The molecule has 2 amide bonds. The van der Waals surface area contributed by atoms with Crippen LogP contribution in [-0.2, 0) is 0 Å². The minimum Gasteiger partial charge on any atom is -0.297 e. The number of thiocarbonyl (C=S) groups is 1. The Morgan fingerprint density at radius 3 is 2.38 bits per heavy atom. The molecule has 0 radical (unpaired) electrons. The van der Waals surface area contributed by atoms with Gasteiger partial charge < -0.3 is 0 Å². The third kappa shape index (κ3) is 4.30. The van der Waals surface area contributed by atoms with Gasteiger partial charge in [-0.1, -0.05) is 12.1 Å². The topological polar surface area (TPSA) is 126 Å². The average Bonchev–Trinajstić information content (AvgIpc) is 2.60. The lowest BCUT2D eigenvalue weighted by molar-refractivity contribution is -0.385. The molecular weight excluding hydrogens is 334 g/mol. The molecule has 122 valence electrons. The van der Waals surface area contributed by atoms with Crippen molar-refractivity contribution in [3.63, 3.8) is 0 Å². The summed E-state index contributed by atoms with van der Waals surface area (Å²) in [5.74, 6) is -1.25. The Kier molecular flexibility index (Phi) is 5.47. The van der Waals surface area contributed by atoms with E-state index in [1.807, 2.05) is 0 Å². The van der Waals surface area contributed by atoms with Gasteiger partial charge in [-0.05, 0) is 30.4 Å². The number of rotatable bonds is 3. The first-order valence-corrected chi connectivity index (χ1v) is 6.95. The van der Waals surface area contributed by atoms with E-state index in [1.165, 1.54) is 48.8 Å². The van der Waals surface area contributed by atoms with Gasteiger partial charge in [-0.25, -0.2) is 0 Å². The average molecular weight is 345 g/mol. The van der Waals surface area contributed by atoms with Gasteiger partial charge in [-0.2, -0.15) is 0 Å². The number of hydrogen-bond acceptors (Lipinski definition) is 6. The Morgan fingerprint density at radius 2 is 1.71 bits per heavy atom. The highest BCUT2D eigenvalue weighted by atomic mass is 32.1. The molecule has 0 saturated heterocycles. The molecule has 0 fully saturated rings. The van der Waals surface area contributed by atoms with Crippen LogP contribution in [0.4, 0.5) is 5.69 Å². The number of nitro benzene ring substituents is 1. The molecule has 0 aliphatic heterocycles. The molecule has 0 bridgehead atoms. The van der Waals surface area contributed by atoms with Crippen molar-refractivity contribution in [2.45, 2.75) is 0 Å². The molecule has 0 unspecified atom stereocenters. The number of carbonyl (C=O) groups is 2.